The van der Waals surface area contributed by atoms with Gasteiger partial charge in [-0.3, -0.25) is 4.68 Å². The van der Waals surface area contributed by atoms with Crippen molar-refractivity contribution in [3.8, 4) is 0 Å². The number of rotatable bonds is 10. The van der Waals surface area contributed by atoms with E-state index < -0.39 is 0 Å². The van der Waals surface area contributed by atoms with Crippen LogP contribution in [0.1, 0.15) is 31.9 Å². The Morgan fingerprint density at radius 3 is 3.06 bits per heavy atom. The molecule has 0 aliphatic heterocycles. The molecule has 2 N–H and O–H groups in total. The highest BCUT2D eigenvalue weighted by molar-refractivity contribution is 4.92. The van der Waals surface area contributed by atoms with Crippen molar-refractivity contribution in [3.63, 3.8) is 0 Å². The number of hydrogen-bond donors (Lipinski definition) is 2. The zero-order chi connectivity index (χ0) is 13.2. The van der Waals surface area contributed by atoms with E-state index in [1.807, 2.05) is 6.20 Å². The van der Waals surface area contributed by atoms with Gasteiger partial charge in [0, 0.05) is 39.0 Å². The summed E-state index contributed by atoms with van der Waals surface area (Å²) in [5.41, 5.74) is 0.921. The van der Waals surface area contributed by atoms with Crippen LogP contribution < -0.4 is 5.32 Å². The maximum atomic E-state index is 8.74. The van der Waals surface area contributed by atoms with Crippen LogP contribution in [0.15, 0.2) is 6.20 Å². The molecule has 0 saturated carbocycles. The number of aryl methyl sites for hydroxylation is 1. The minimum Gasteiger partial charge on any atom is -0.396 e. The Hall–Kier alpha value is -0.980. The number of nitrogens with one attached hydrogen (secondary N) is 1. The number of aliphatic hydroxyl groups is 1. The topological polar surface area (TPSA) is 72.2 Å². The van der Waals surface area contributed by atoms with Crippen molar-refractivity contribution in [2.45, 2.75) is 45.3 Å². The summed E-state index contributed by atoms with van der Waals surface area (Å²) in [6.45, 7) is 4.47. The normalized spacial score (nSPS) is 12.8. The Morgan fingerprint density at radius 2 is 2.39 bits per heavy atom. The maximum absolute atomic E-state index is 8.74. The van der Waals surface area contributed by atoms with Crippen LogP contribution in [0.2, 0.25) is 0 Å². The minimum absolute atomic E-state index is 0.180. The average molecular weight is 256 g/mol. The van der Waals surface area contributed by atoms with E-state index in [9.17, 15) is 0 Å². The molecular weight excluding hydrogens is 232 g/mol. The van der Waals surface area contributed by atoms with Gasteiger partial charge in [0.15, 0.2) is 0 Å². The van der Waals surface area contributed by atoms with Crippen molar-refractivity contribution in [1.29, 1.82) is 0 Å². The Morgan fingerprint density at radius 1 is 1.56 bits per heavy atom. The monoisotopic (exact) mass is 256 g/mol. The molecule has 1 aromatic heterocycles. The lowest BCUT2D eigenvalue weighted by Crippen LogP contribution is -2.32. The molecule has 18 heavy (non-hydrogen) atoms. The van der Waals surface area contributed by atoms with Crippen LogP contribution >= 0.6 is 0 Å². The van der Waals surface area contributed by atoms with Crippen molar-refractivity contribution in [2.24, 2.45) is 0 Å². The smallest absolute Gasteiger partial charge is 0.0964 e. The Balaban J connectivity index is 2.34. The lowest BCUT2D eigenvalue weighted by atomic mass is 10.2. The number of nitrogens with zero attached hydrogens (tertiary/aromatic N) is 3. The van der Waals surface area contributed by atoms with Gasteiger partial charge >= 0.3 is 0 Å². The van der Waals surface area contributed by atoms with E-state index in [2.05, 4.69) is 22.6 Å². The molecule has 1 rings (SSSR count). The van der Waals surface area contributed by atoms with E-state index in [0.717, 1.165) is 18.5 Å². The quantitative estimate of drug-likeness (QED) is 0.640. The van der Waals surface area contributed by atoms with Gasteiger partial charge in [0.25, 0.3) is 0 Å². The largest absolute Gasteiger partial charge is 0.396 e. The molecule has 0 fully saturated rings. The third kappa shape index (κ3) is 5.57. The highest BCUT2D eigenvalue weighted by atomic mass is 16.5. The molecule has 0 aromatic carbocycles. The van der Waals surface area contributed by atoms with E-state index in [1.54, 1.807) is 11.8 Å². The molecule has 6 heteroatoms. The molecule has 104 valence electrons. The summed E-state index contributed by atoms with van der Waals surface area (Å²) >= 11 is 0. The van der Waals surface area contributed by atoms with Gasteiger partial charge in [0.05, 0.1) is 12.3 Å². The molecule has 1 heterocycles. The highest BCUT2D eigenvalue weighted by Gasteiger charge is 2.08. The van der Waals surface area contributed by atoms with E-state index in [0.29, 0.717) is 32.2 Å². The number of aliphatic hydroxyl groups excluding tert-OH is 1. The average Bonchev–Trinajstić information content (AvgIpc) is 2.82. The second-order valence-corrected chi connectivity index (χ2v) is 4.37. The van der Waals surface area contributed by atoms with E-state index in [4.69, 9.17) is 9.84 Å². The van der Waals surface area contributed by atoms with Crippen molar-refractivity contribution < 1.29 is 9.84 Å². The first kappa shape index (κ1) is 15.1. The molecule has 1 atom stereocenters. The molecule has 0 aliphatic carbocycles. The summed E-state index contributed by atoms with van der Waals surface area (Å²) in [5.74, 6) is 0. The van der Waals surface area contributed by atoms with Crippen LogP contribution in [-0.4, -0.2) is 46.5 Å². The van der Waals surface area contributed by atoms with Crippen molar-refractivity contribution >= 4 is 0 Å². The van der Waals surface area contributed by atoms with Crippen molar-refractivity contribution in [3.05, 3.63) is 11.9 Å². The second kappa shape index (κ2) is 9.02. The van der Waals surface area contributed by atoms with E-state index in [-0.39, 0.29) is 6.61 Å². The molecular formula is C12H24N4O2. The predicted octanol–water partition coefficient (Wildman–Crippen LogP) is 0.565. The zero-order valence-electron chi connectivity index (χ0n) is 11.3. The van der Waals surface area contributed by atoms with E-state index in [1.165, 1.54) is 0 Å². The summed E-state index contributed by atoms with van der Waals surface area (Å²) in [6.07, 6.45) is 4.84. The molecule has 1 aromatic rings. The standard InChI is InChI=1S/C12H24N4O2/c1-3-5-11(10-18-2)13-8-12-9-16(15-14-12)6-4-7-17/h9,11,13,17H,3-8,10H2,1-2H3. The Bertz CT molecular complexity index is 311. The number of ether oxygens (including phenoxy) is 1. The highest BCUT2D eigenvalue weighted by Crippen LogP contribution is 2.00. The van der Waals surface area contributed by atoms with E-state index >= 15 is 0 Å². The van der Waals surface area contributed by atoms with Crippen molar-refractivity contribution in [2.75, 3.05) is 20.3 Å². The first-order valence-electron chi connectivity index (χ1n) is 6.52. The van der Waals surface area contributed by atoms with Gasteiger partial charge in [0.1, 0.15) is 0 Å². The maximum Gasteiger partial charge on any atom is 0.0964 e. The molecule has 0 aliphatic rings. The minimum atomic E-state index is 0.180. The van der Waals surface area contributed by atoms with Gasteiger partial charge in [-0.25, -0.2) is 0 Å². The van der Waals surface area contributed by atoms with Crippen LogP contribution in [-0.2, 0) is 17.8 Å². The van der Waals surface area contributed by atoms with Crippen LogP contribution in [0.25, 0.3) is 0 Å². The Labute approximate surface area is 108 Å². The molecule has 0 radical (unpaired) electrons. The number of methoxy groups -OCH3 is 1. The predicted molar refractivity (Wildman–Crippen MR) is 69.1 cm³/mol. The number of aromatic nitrogens is 3. The summed E-state index contributed by atoms with van der Waals surface area (Å²) in [5, 5.41) is 20.3. The summed E-state index contributed by atoms with van der Waals surface area (Å²) in [6, 6.07) is 0.364. The molecule has 1 unspecified atom stereocenters. The molecule has 6 nitrogen and oxygen atoms in total. The fourth-order valence-electron chi connectivity index (χ4n) is 1.80. The molecule has 0 spiro atoms. The third-order valence-corrected chi connectivity index (χ3v) is 2.71. The van der Waals surface area contributed by atoms with Crippen LogP contribution in [0.5, 0.6) is 0 Å². The van der Waals surface area contributed by atoms with Gasteiger partial charge in [-0.2, -0.15) is 0 Å². The summed E-state index contributed by atoms with van der Waals surface area (Å²) in [7, 11) is 1.72. The zero-order valence-corrected chi connectivity index (χ0v) is 11.3. The summed E-state index contributed by atoms with van der Waals surface area (Å²) < 4.78 is 6.93. The Kier molecular flexibility index (Phi) is 7.55. The fourth-order valence-corrected chi connectivity index (χ4v) is 1.80. The van der Waals surface area contributed by atoms with Crippen LogP contribution in [0, 0.1) is 0 Å². The number of hydrogen-bond acceptors (Lipinski definition) is 5. The SMILES string of the molecule is CCCC(COC)NCc1cn(CCCO)nn1. The van der Waals surface area contributed by atoms with Crippen LogP contribution in [0.3, 0.4) is 0 Å². The molecule has 0 amide bonds. The third-order valence-electron chi connectivity index (χ3n) is 2.71. The fraction of sp³-hybridized carbons (Fsp3) is 0.833. The van der Waals surface area contributed by atoms with Crippen LogP contribution in [0.4, 0.5) is 0 Å². The van der Waals surface area contributed by atoms with Gasteiger partial charge in [0.2, 0.25) is 0 Å². The van der Waals surface area contributed by atoms with Gasteiger partial charge in [-0.1, -0.05) is 18.6 Å². The molecule has 0 bridgehead atoms. The first-order valence-corrected chi connectivity index (χ1v) is 6.52. The lowest BCUT2D eigenvalue weighted by molar-refractivity contribution is 0.161. The van der Waals surface area contributed by atoms with Gasteiger partial charge in [-0.05, 0) is 12.8 Å². The first-order chi connectivity index (χ1) is 8.80. The van der Waals surface area contributed by atoms with Gasteiger partial charge in [-0.15, -0.1) is 5.10 Å². The summed E-state index contributed by atoms with van der Waals surface area (Å²) in [4.78, 5) is 0. The molecule has 0 saturated heterocycles. The second-order valence-electron chi connectivity index (χ2n) is 4.37. The lowest BCUT2D eigenvalue weighted by Gasteiger charge is -2.15. The van der Waals surface area contributed by atoms with Crippen molar-refractivity contribution in [1.82, 2.24) is 20.3 Å². The van der Waals surface area contributed by atoms with Gasteiger partial charge < -0.3 is 15.2 Å².